The molecule has 0 amide bonds. The lowest BCUT2D eigenvalue weighted by Gasteiger charge is -2.14. The van der Waals surface area contributed by atoms with E-state index in [1.165, 1.54) is 6.92 Å². The lowest BCUT2D eigenvalue weighted by Crippen LogP contribution is -2.22. The first-order valence-corrected chi connectivity index (χ1v) is 5.41. The number of benzene rings is 1. The Hall–Kier alpha value is -1.51. The van der Waals surface area contributed by atoms with Crippen LogP contribution in [0.1, 0.15) is 37.8 Å². The molecule has 0 saturated heterocycles. The molecule has 0 aliphatic carbocycles. The third kappa shape index (κ3) is 3.26. The van der Waals surface area contributed by atoms with E-state index in [-0.39, 0.29) is 0 Å². The number of carbonyl (C=O) groups is 1. The van der Waals surface area contributed by atoms with Gasteiger partial charge in [-0.15, -0.1) is 0 Å². The zero-order chi connectivity index (χ0) is 12.3. The Morgan fingerprint density at radius 2 is 1.88 bits per heavy atom. The van der Waals surface area contributed by atoms with Gasteiger partial charge in [0.2, 0.25) is 0 Å². The maximum absolute atomic E-state index is 10.7. The van der Waals surface area contributed by atoms with Crippen molar-refractivity contribution in [1.82, 2.24) is 0 Å². The molecule has 0 aliphatic heterocycles. The Balaban J connectivity index is 2.92. The van der Waals surface area contributed by atoms with E-state index in [1.807, 2.05) is 19.1 Å². The monoisotopic (exact) mass is 222 g/mol. The molecule has 0 aliphatic rings. The van der Waals surface area contributed by atoms with Gasteiger partial charge in [0.25, 0.3) is 0 Å². The minimum Gasteiger partial charge on any atom is -0.479 e. The normalized spacial score (nSPS) is 12.6. The zero-order valence-corrected chi connectivity index (χ0v) is 10.2. The molecule has 1 atom stereocenters. The van der Waals surface area contributed by atoms with Crippen LogP contribution in [0.4, 0.5) is 0 Å². The van der Waals surface area contributed by atoms with E-state index in [2.05, 4.69) is 19.9 Å². The number of hydrogen-bond donors (Lipinski definition) is 1. The summed E-state index contributed by atoms with van der Waals surface area (Å²) in [6, 6.07) is 5.84. The number of rotatable bonds is 4. The van der Waals surface area contributed by atoms with Gasteiger partial charge in [0.15, 0.2) is 6.10 Å². The molecule has 0 aromatic heterocycles. The largest absolute Gasteiger partial charge is 0.479 e. The zero-order valence-electron chi connectivity index (χ0n) is 10.2. The highest BCUT2D eigenvalue weighted by atomic mass is 16.5. The first-order chi connectivity index (χ1) is 7.40. The Labute approximate surface area is 96.1 Å². The van der Waals surface area contributed by atoms with Crippen LogP contribution in [0, 0.1) is 6.92 Å². The van der Waals surface area contributed by atoms with E-state index >= 15 is 0 Å². The maximum atomic E-state index is 10.7. The van der Waals surface area contributed by atoms with Gasteiger partial charge in [0, 0.05) is 0 Å². The third-order valence-electron chi connectivity index (χ3n) is 2.40. The van der Waals surface area contributed by atoms with Crippen LogP contribution in [0.5, 0.6) is 5.75 Å². The van der Waals surface area contributed by atoms with Gasteiger partial charge in [0.05, 0.1) is 0 Å². The average molecular weight is 222 g/mol. The minimum atomic E-state index is -0.951. The highest BCUT2D eigenvalue weighted by Gasteiger charge is 2.13. The van der Waals surface area contributed by atoms with Crippen molar-refractivity contribution >= 4 is 5.97 Å². The van der Waals surface area contributed by atoms with Crippen LogP contribution in [0.25, 0.3) is 0 Å². The molecule has 1 rings (SSSR count). The number of hydrogen-bond acceptors (Lipinski definition) is 2. The fraction of sp³-hybridized carbons (Fsp3) is 0.462. The summed E-state index contributed by atoms with van der Waals surface area (Å²) in [5, 5.41) is 8.77. The van der Waals surface area contributed by atoms with E-state index in [0.717, 1.165) is 11.1 Å². The average Bonchev–Trinajstić information content (AvgIpc) is 2.16. The molecule has 0 saturated carbocycles. The Bertz CT molecular complexity index is 383. The van der Waals surface area contributed by atoms with Crippen molar-refractivity contribution in [3.05, 3.63) is 29.3 Å². The minimum absolute atomic E-state index is 0.405. The molecular weight excluding hydrogens is 204 g/mol. The summed E-state index contributed by atoms with van der Waals surface area (Å²) >= 11 is 0. The molecule has 0 fully saturated rings. The van der Waals surface area contributed by atoms with Crippen LogP contribution in [-0.2, 0) is 4.79 Å². The highest BCUT2D eigenvalue weighted by molar-refractivity contribution is 5.72. The second-order valence-corrected chi connectivity index (χ2v) is 4.33. The molecule has 3 nitrogen and oxygen atoms in total. The van der Waals surface area contributed by atoms with E-state index in [4.69, 9.17) is 9.84 Å². The fourth-order valence-electron chi connectivity index (χ4n) is 1.43. The Morgan fingerprint density at radius 3 is 2.38 bits per heavy atom. The van der Waals surface area contributed by atoms with Gasteiger partial charge < -0.3 is 9.84 Å². The van der Waals surface area contributed by atoms with E-state index in [0.29, 0.717) is 11.7 Å². The van der Waals surface area contributed by atoms with Crippen molar-refractivity contribution in [2.75, 3.05) is 0 Å². The van der Waals surface area contributed by atoms with E-state index < -0.39 is 12.1 Å². The second-order valence-electron chi connectivity index (χ2n) is 4.33. The Morgan fingerprint density at radius 1 is 1.25 bits per heavy atom. The van der Waals surface area contributed by atoms with Crippen molar-refractivity contribution in [3.63, 3.8) is 0 Å². The quantitative estimate of drug-likeness (QED) is 0.851. The van der Waals surface area contributed by atoms with Gasteiger partial charge in [-0.25, -0.2) is 4.79 Å². The first kappa shape index (κ1) is 12.6. The summed E-state index contributed by atoms with van der Waals surface area (Å²) in [7, 11) is 0. The summed E-state index contributed by atoms with van der Waals surface area (Å²) in [4.78, 5) is 10.7. The molecule has 0 radical (unpaired) electrons. The molecule has 3 heteroatoms. The highest BCUT2D eigenvalue weighted by Crippen LogP contribution is 2.23. The van der Waals surface area contributed by atoms with Crippen molar-refractivity contribution in [3.8, 4) is 5.75 Å². The van der Waals surface area contributed by atoms with Crippen molar-refractivity contribution < 1.29 is 14.6 Å². The standard InChI is InChI=1S/C13H18O3/c1-8(2)11-5-9(3)6-12(7-11)16-10(4)13(14)15/h5-8,10H,1-4H3,(H,14,15)/t10-/m0/s1. The number of aliphatic carboxylic acids is 1. The number of aryl methyl sites for hydroxylation is 1. The van der Waals surface area contributed by atoms with Crippen LogP contribution in [0.3, 0.4) is 0 Å². The Kier molecular flexibility index (Phi) is 3.93. The number of carboxylic acid groups (broad SMARTS) is 1. The number of ether oxygens (including phenoxy) is 1. The summed E-state index contributed by atoms with van der Waals surface area (Å²) in [5.41, 5.74) is 2.24. The lowest BCUT2D eigenvalue weighted by molar-refractivity contribution is -0.144. The lowest BCUT2D eigenvalue weighted by atomic mass is 10.0. The van der Waals surface area contributed by atoms with Gasteiger partial charge in [-0.2, -0.15) is 0 Å². The second kappa shape index (κ2) is 5.01. The molecule has 0 spiro atoms. The predicted octanol–water partition coefficient (Wildman–Crippen LogP) is 2.97. The maximum Gasteiger partial charge on any atom is 0.344 e. The summed E-state index contributed by atoms with van der Waals surface area (Å²) in [6.07, 6.45) is -0.818. The third-order valence-corrected chi connectivity index (χ3v) is 2.40. The van der Waals surface area contributed by atoms with Crippen LogP contribution in [0.2, 0.25) is 0 Å². The van der Waals surface area contributed by atoms with Gasteiger partial charge in [0.1, 0.15) is 5.75 Å². The molecule has 1 aromatic carbocycles. The van der Waals surface area contributed by atoms with Gasteiger partial charge >= 0.3 is 5.97 Å². The molecule has 0 heterocycles. The molecule has 0 bridgehead atoms. The topological polar surface area (TPSA) is 46.5 Å². The van der Waals surface area contributed by atoms with Crippen LogP contribution in [-0.4, -0.2) is 17.2 Å². The van der Waals surface area contributed by atoms with Gasteiger partial charge in [-0.3, -0.25) is 0 Å². The first-order valence-electron chi connectivity index (χ1n) is 5.41. The molecule has 1 aromatic rings. The smallest absolute Gasteiger partial charge is 0.344 e. The van der Waals surface area contributed by atoms with E-state index in [9.17, 15) is 4.79 Å². The predicted molar refractivity (Wildman–Crippen MR) is 63.0 cm³/mol. The van der Waals surface area contributed by atoms with Crippen molar-refractivity contribution in [2.45, 2.75) is 39.7 Å². The molecule has 88 valence electrons. The molecule has 1 N–H and O–H groups in total. The summed E-state index contributed by atoms with van der Waals surface area (Å²) < 4.78 is 5.35. The molecule has 0 unspecified atom stereocenters. The number of carboxylic acids is 1. The summed E-state index contributed by atoms with van der Waals surface area (Å²) in [6.45, 7) is 7.70. The molecule has 16 heavy (non-hydrogen) atoms. The SMILES string of the molecule is Cc1cc(O[C@@H](C)C(=O)O)cc(C(C)C)c1. The summed E-state index contributed by atoms with van der Waals surface area (Å²) in [5.74, 6) is 0.0774. The van der Waals surface area contributed by atoms with Gasteiger partial charge in [-0.1, -0.05) is 19.9 Å². The van der Waals surface area contributed by atoms with Crippen molar-refractivity contribution in [2.24, 2.45) is 0 Å². The van der Waals surface area contributed by atoms with E-state index in [1.54, 1.807) is 0 Å². The van der Waals surface area contributed by atoms with Gasteiger partial charge in [-0.05, 0) is 43.0 Å². The van der Waals surface area contributed by atoms with Crippen LogP contribution in [0.15, 0.2) is 18.2 Å². The fourth-order valence-corrected chi connectivity index (χ4v) is 1.43. The van der Waals surface area contributed by atoms with Crippen LogP contribution < -0.4 is 4.74 Å². The van der Waals surface area contributed by atoms with Crippen LogP contribution >= 0.6 is 0 Å². The van der Waals surface area contributed by atoms with Crippen molar-refractivity contribution in [1.29, 1.82) is 0 Å². The molecular formula is C13H18O3.